The Bertz CT molecular complexity index is 180. The molecule has 144 valence electrons. The minimum Gasteiger partial charge on any atom is -0.396 e. The Morgan fingerprint density at radius 2 is 0.833 bits per heavy atom. The fourth-order valence-corrected chi connectivity index (χ4v) is 2.99. The first-order valence-electron chi connectivity index (χ1n) is 10.6. The molecule has 0 aromatic rings. The molecule has 0 amide bonds. The molecule has 0 bridgehead atoms. The molecule has 0 saturated heterocycles. The Balaban J connectivity index is 0. The van der Waals surface area contributed by atoms with E-state index >= 15 is 0 Å². The van der Waals surface area contributed by atoms with E-state index in [9.17, 15) is 0 Å². The molecule has 0 atom stereocenters. The van der Waals surface area contributed by atoms with Crippen LogP contribution in [0.15, 0.2) is 0 Å². The molecule has 0 saturated carbocycles. The summed E-state index contributed by atoms with van der Waals surface area (Å²) in [5, 5.41) is 8.70. The molecule has 0 spiro atoms. The van der Waals surface area contributed by atoms with Gasteiger partial charge in [0, 0.05) is 46.0 Å². The second-order valence-electron chi connectivity index (χ2n) is 6.99. The fourth-order valence-electron chi connectivity index (χ4n) is 2.99. The number of rotatable bonds is 20. The van der Waals surface area contributed by atoms with Gasteiger partial charge in [-0.15, -0.1) is 0 Å². The molecular formula is C21H44O2Zr. The maximum Gasteiger partial charge on any atom is 0.0466 e. The second-order valence-corrected chi connectivity index (χ2v) is 6.99. The zero-order valence-electron chi connectivity index (χ0n) is 16.5. The number of hydrogen-bond donors (Lipinski definition) is 1. The molecule has 0 aliphatic rings. The molecule has 0 heterocycles. The molecule has 0 rings (SSSR count). The Kier molecular flexibility index (Phi) is 29.3. The van der Waals surface area contributed by atoms with Crippen LogP contribution in [-0.4, -0.2) is 24.9 Å². The van der Waals surface area contributed by atoms with Gasteiger partial charge in [0.2, 0.25) is 0 Å². The van der Waals surface area contributed by atoms with Crippen LogP contribution in [0.3, 0.4) is 0 Å². The van der Waals surface area contributed by atoms with Crippen molar-refractivity contribution in [1.82, 2.24) is 0 Å². The van der Waals surface area contributed by atoms with Crippen LogP contribution in [0.5, 0.6) is 0 Å². The van der Waals surface area contributed by atoms with Crippen LogP contribution in [0.4, 0.5) is 0 Å². The molecule has 0 aromatic heterocycles. The van der Waals surface area contributed by atoms with E-state index in [0.29, 0.717) is 6.61 Å². The van der Waals surface area contributed by atoms with E-state index < -0.39 is 0 Å². The summed E-state index contributed by atoms with van der Waals surface area (Å²) in [5.41, 5.74) is 0. The minimum atomic E-state index is 0. The average molecular weight is 420 g/mol. The first kappa shape index (κ1) is 27.0. The third-order valence-electron chi connectivity index (χ3n) is 4.59. The smallest absolute Gasteiger partial charge is 0.0466 e. The second kappa shape index (κ2) is 26.0. The molecular weight excluding hydrogens is 375 g/mol. The molecule has 24 heavy (non-hydrogen) atoms. The maximum atomic E-state index is 8.70. The van der Waals surface area contributed by atoms with Gasteiger partial charge in [-0.25, -0.2) is 0 Å². The van der Waals surface area contributed by atoms with Gasteiger partial charge in [0.05, 0.1) is 0 Å². The van der Waals surface area contributed by atoms with E-state index in [-0.39, 0.29) is 26.2 Å². The van der Waals surface area contributed by atoms with Gasteiger partial charge in [0.25, 0.3) is 0 Å². The van der Waals surface area contributed by atoms with Crippen molar-refractivity contribution in [1.29, 1.82) is 0 Å². The van der Waals surface area contributed by atoms with Crippen molar-refractivity contribution in [2.75, 3.05) is 19.8 Å². The summed E-state index contributed by atoms with van der Waals surface area (Å²) in [7, 11) is 0. The molecule has 0 aliphatic carbocycles. The van der Waals surface area contributed by atoms with Crippen LogP contribution < -0.4 is 0 Å². The SMILES string of the molecule is CCCCCCCCOCCCCCCCCCCCCCO.[Zr]. The van der Waals surface area contributed by atoms with E-state index in [1.807, 2.05) is 0 Å². The summed E-state index contributed by atoms with van der Waals surface area (Å²) < 4.78 is 5.71. The Hall–Kier alpha value is 0.803. The van der Waals surface area contributed by atoms with Crippen LogP contribution in [-0.2, 0) is 30.9 Å². The van der Waals surface area contributed by atoms with Crippen molar-refractivity contribution in [2.45, 2.75) is 116 Å². The molecule has 0 radical (unpaired) electrons. The van der Waals surface area contributed by atoms with E-state index in [0.717, 1.165) is 19.6 Å². The topological polar surface area (TPSA) is 29.5 Å². The van der Waals surface area contributed by atoms with Gasteiger partial charge in [-0.05, 0) is 19.3 Å². The van der Waals surface area contributed by atoms with Gasteiger partial charge in [-0.3, -0.25) is 0 Å². The van der Waals surface area contributed by atoms with Crippen LogP contribution in [0.1, 0.15) is 116 Å². The summed E-state index contributed by atoms with van der Waals surface area (Å²) in [6.07, 6.45) is 22.5. The first-order chi connectivity index (χ1) is 11.4. The number of hydrogen-bond acceptors (Lipinski definition) is 2. The predicted octanol–water partition coefficient (Wildman–Crippen LogP) is 6.64. The van der Waals surface area contributed by atoms with Crippen LogP contribution >= 0.6 is 0 Å². The number of ether oxygens (including phenoxy) is 1. The van der Waals surface area contributed by atoms with Crippen LogP contribution in [0.25, 0.3) is 0 Å². The van der Waals surface area contributed by atoms with E-state index in [2.05, 4.69) is 6.92 Å². The zero-order chi connectivity index (χ0) is 16.8. The molecule has 0 fully saturated rings. The summed E-state index contributed by atoms with van der Waals surface area (Å²) in [6.45, 7) is 4.58. The molecule has 0 aliphatic heterocycles. The van der Waals surface area contributed by atoms with Crippen molar-refractivity contribution in [3.05, 3.63) is 0 Å². The van der Waals surface area contributed by atoms with Gasteiger partial charge in [0.1, 0.15) is 0 Å². The molecule has 3 heteroatoms. The van der Waals surface area contributed by atoms with Gasteiger partial charge >= 0.3 is 0 Å². The minimum absolute atomic E-state index is 0. The summed E-state index contributed by atoms with van der Waals surface area (Å²) >= 11 is 0. The molecule has 0 aromatic carbocycles. The van der Waals surface area contributed by atoms with Gasteiger partial charge in [-0.2, -0.15) is 0 Å². The van der Waals surface area contributed by atoms with Crippen molar-refractivity contribution < 1.29 is 36.0 Å². The van der Waals surface area contributed by atoms with Gasteiger partial charge in [0.15, 0.2) is 0 Å². The molecule has 2 nitrogen and oxygen atoms in total. The molecule has 1 N–H and O–H groups in total. The average Bonchev–Trinajstić information content (AvgIpc) is 2.57. The maximum absolute atomic E-state index is 8.70. The van der Waals surface area contributed by atoms with E-state index in [1.165, 1.54) is 103 Å². The van der Waals surface area contributed by atoms with Gasteiger partial charge < -0.3 is 9.84 Å². The summed E-state index contributed by atoms with van der Waals surface area (Å²) in [4.78, 5) is 0. The van der Waals surface area contributed by atoms with Crippen molar-refractivity contribution in [3.8, 4) is 0 Å². The quantitative estimate of drug-likeness (QED) is 0.224. The van der Waals surface area contributed by atoms with Gasteiger partial charge in [-0.1, -0.05) is 96.8 Å². The Morgan fingerprint density at radius 3 is 1.21 bits per heavy atom. The van der Waals surface area contributed by atoms with Crippen LogP contribution in [0, 0.1) is 0 Å². The van der Waals surface area contributed by atoms with E-state index in [1.54, 1.807) is 0 Å². The standard InChI is InChI=1S/C21H44O2.Zr/c1-2-3-4-5-14-17-20-23-21-18-15-12-10-8-6-7-9-11-13-16-19-22;/h22H,2-21H2,1H3;. The summed E-state index contributed by atoms with van der Waals surface area (Å²) in [5.74, 6) is 0. The van der Waals surface area contributed by atoms with Crippen molar-refractivity contribution >= 4 is 0 Å². The van der Waals surface area contributed by atoms with Crippen molar-refractivity contribution in [3.63, 3.8) is 0 Å². The zero-order valence-corrected chi connectivity index (χ0v) is 19.0. The fraction of sp³-hybridized carbons (Fsp3) is 1.00. The van der Waals surface area contributed by atoms with Crippen LogP contribution in [0.2, 0.25) is 0 Å². The number of unbranched alkanes of at least 4 members (excludes halogenated alkanes) is 15. The largest absolute Gasteiger partial charge is 0.396 e. The number of aliphatic hydroxyl groups excluding tert-OH is 1. The number of aliphatic hydroxyl groups is 1. The summed E-state index contributed by atoms with van der Waals surface area (Å²) in [6, 6.07) is 0. The van der Waals surface area contributed by atoms with E-state index in [4.69, 9.17) is 9.84 Å². The van der Waals surface area contributed by atoms with Crippen molar-refractivity contribution in [2.24, 2.45) is 0 Å². The first-order valence-corrected chi connectivity index (χ1v) is 10.6. The Labute approximate surface area is 171 Å². The predicted molar refractivity (Wildman–Crippen MR) is 102 cm³/mol. The monoisotopic (exact) mass is 418 g/mol. The normalized spacial score (nSPS) is 10.8. The third kappa shape index (κ3) is 25.0. The Morgan fingerprint density at radius 1 is 0.500 bits per heavy atom. The third-order valence-corrected chi connectivity index (χ3v) is 4.59. The molecule has 0 unspecified atom stereocenters.